The van der Waals surface area contributed by atoms with Gasteiger partial charge in [0, 0.05) is 0 Å². The third kappa shape index (κ3) is 4.37. The summed E-state index contributed by atoms with van der Waals surface area (Å²) in [5.74, 6) is 5.25. The second kappa shape index (κ2) is 9.46. The van der Waals surface area contributed by atoms with Gasteiger partial charge >= 0.3 is 132 Å². The molecule has 0 amide bonds. The summed E-state index contributed by atoms with van der Waals surface area (Å²) in [5, 5.41) is 0. The van der Waals surface area contributed by atoms with Crippen LogP contribution in [0, 0.1) is 0 Å². The fourth-order valence-corrected chi connectivity index (χ4v) is 48.1. The molecule has 0 heterocycles. The number of hydrogen-bond acceptors (Lipinski definition) is 0. The van der Waals surface area contributed by atoms with Crippen molar-refractivity contribution in [1.29, 1.82) is 0 Å². The summed E-state index contributed by atoms with van der Waals surface area (Å²) >= 11 is -1.69. The predicted molar refractivity (Wildman–Crippen MR) is 87.8 cm³/mol. The van der Waals surface area contributed by atoms with Gasteiger partial charge < -0.3 is 24.8 Å². The Hall–Kier alpha value is 0.173. The van der Waals surface area contributed by atoms with E-state index >= 15 is 0 Å². The van der Waals surface area contributed by atoms with Gasteiger partial charge in [-0.25, -0.2) is 0 Å². The molecule has 4 heteroatoms. The van der Waals surface area contributed by atoms with Crippen LogP contribution in [0.5, 0.6) is 0 Å². The molecule has 2 aliphatic rings. The molecule has 0 fully saturated rings. The number of rotatable bonds is 4. The van der Waals surface area contributed by atoms with E-state index in [2.05, 4.69) is 72.2 Å². The Morgan fingerprint density at radius 1 is 0.955 bits per heavy atom. The van der Waals surface area contributed by atoms with Crippen molar-refractivity contribution in [1.82, 2.24) is 0 Å². The minimum atomic E-state index is -1.69. The molecule has 0 spiro atoms. The zero-order valence-corrected chi connectivity index (χ0v) is 20.5. The van der Waals surface area contributed by atoms with Gasteiger partial charge in [-0.05, 0) is 0 Å². The second-order valence-corrected chi connectivity index (χ2v) is 49.5. The Balaban J connectivity index is 0.00000121. The third-order valence-electron chi connectivity index (χ3n) is 4.04. The summed E-state index contributed by atoms with van der Waals surface area (Å²) < 4.78 is 3.77. The van der Waals surface area contributed by atoms with E-state index in [1.165, 1.54) is 18.4 Å². The van der Waals surface area contributed by atoms with Crippen molar-refractivity contribution in [2.45, 2.75) is 24.4 Å². The van der Waals surface area contributed by atoms with E-state index in [4.69, 9.17) is 0 Å². The quantitative estimate of drug-likeness (QED) is 0.408. The van der Waals surface area contributed by atoms with Crippen LogP contribution < -0.4 is 24.8 Å². The normalized spacial score (nSPS) is 15.7. The third-order valence-corrected chi connectivity index (χ3v) is 48.2. The van der Waals surface area contributed by atoms with E-state index in [1.807, 2.05) is 6.66 Å². The number of hydrogen-bond donors (Lipinski definition) is 0. The Morgan fingerprint density at radius 2 is 1.68 bits per heavy atom. The zero-order valence-electron chi connectivity index (χ0n) is 13.0. The number of allylic oxidation sites excluding steroid dienone is 8. The zero-order chi connectivity index (χ0) is 13.9. The van der Waals surface area contributed by atoms with Gasteiger partial charge in [0.25, 0.3) is 0 Å². The molecule has 0 bridgehead atoms. The van der Waals surface area contributed by atoms with Gasteiger partial charge in [0.2, 0.25) is 0 Å². The van der Waals surface area contributed by atoms with Gasteiger partial charge in [-0.15, -0.1) is 0 Å². The Labute approximate surface area is 156 Å². The molecule has 0 atom stereocenters. The fraction of sp³-hybridized carbons (Fsp3) is 0.222. The predicted octanol–water partition coefficient (Wildman–Crippen LogP) is -1.19. The first-order valence-electron chi connectivity index (χ1n) is 7.46. The number of benzene rings is 1. The maximum atomic E-state index is 2.63. The molecule has 1 aromatic carbocycles. The van der Waals surface area contributed by atoms with Gasteiger partial charge in [-0.1, -0.05) is 0 Å². The first kappa shape index (κ1) is 20.2. The molecule has 0 saturated heterocycles. The first-order valence-corrected chi connectivity index (χ1v) is 27.9. The van der Waals surface area contributed by atoms with E-state index < -0.39 is 29.6 Å². The van der Waals surface area contributed by atoms with Crippen LogP contribution in [0.2, 0.25) is 11.5 Å². The van der Waals surface area contributed by atoms with Crippen molar-refractivity contribution in [3.8, 4) is 0 Å². The molecule has 0 nitrogen and oxygen atoms in total. The molecule has 0 aromatic heterocycles. The first-order chi connectivity index (χ1) is 9.77. The average Bonchev–Trinajstić information content (AvgIpc) is 3.11. The molecule has 0 N–H and O–H groups in total. The van der Waals surface area contributed by atoms with E-state index in [-0.39, 0.29) is 24.8 Å². The molecule has 0 radical (unpaired) electrons. The van der Waals surface area contributed by atoms with Crippen molar-refractivity contribution in [3.63, 3.8) is 0 Å². The van der Waals surface area contributed by atoms with E-state index in [1.54, 1.807) is 5.57 Å². The van der Waals surface area contributed by atoms with Crippen LogP contribution in [0.25, 0.3) is 5.57 Å². The second-order valence-electron chi connectivity index (χ2n) is 5.76. The Morgan fingerprint density at radius 3 is 2.27 bits per heavy atom. The molecule has 22 heavy (non-hydrogen) atoms. The molecular weight excluding hydrogens is 538 g/mol. The van der Waals surface area contributed by atoms with Crippen LogP contribution in [-0.2, 0) is 19.0 Å². The summed E-state index contributed by atoms with van der Waals surface area (Å²) in [6.07, 6.45) is 14.4. The van der Waals surface area contributed by atoms with Crippen LogP contribution in [0.15, 0.2) is 67.4 Å². The van der Waals surface area contributed by atoms with Gasteiger partial charge in [0.1, 0.15) is 0 Å². The minimum absolute atomic E-state index is 0. The average molecular weight is 559 g/mol. The summed E-state index contributed by atoms with van der Waals surface area (Å²) in [5.41, 5.74) is 3.02. The monoisotopic (exact) mass is 561 g/mol. The van der Waals surface area contributed by atoms with E-state index in [9.17, 15) is 0 Å². The standard InChI is InChI=1S/C11H9.C5H5.C2H7Ge.2ClH.Hf/c1-2-6-10(7-3-1)11-8-4-5-9-11;1-2-4-5-3-1;1-3-2;;;/h1-4,6-8H,5H2;1-3H,4H2;3H,1-2H3;2*1H;/q;;;;;+2/p-2. The van der Waals surface area contributed by atoms with E-state index in [0.29, 0.717) is 0 Å². The van der Waals surface area contributed by atoms with Crippen LogP contribution >= 0.6 is 0 Å². The summed E-state index contributed by atoms with van der Waals surface area (Å²) in [6.45, 7) is 0. The van der Waals surface area contributed by atoms with Gasteiger partial charge in [-0.3, -0.25) is 0 Å². The molecular formula is C18H21Cl2GeHf. The molecule has 1 aromatic rings. The van der Waals surface area contributed by atoms with Crippen molar-refractivity contribution < 1.29 is 43.8 Å². The molecule has 3 rings (SSSR count). The maximum absolute atomic E-state index is 2.63. The van der Waals surface area contributed by atoms with Crippen LogP contribution in [0.3, 0.4) is 0 Å². The SMILES string of the molecule is [CH3][GeH]([CH3])[Hf+2]([C]1=CC=CC1)[C]1=C(c2ccccc2)C=CC1.[Cl-].[Cl-]. The van der Waals surface area contributed by atoms with Gasteiger partial charge in [0.05, 0.1) is 0 Å². The van der Waals surface area contributed by atoms with Crippen LogP contribution in [0.4, 0.5) is 0 Å². The summed E-state index contributed by atoms with van der Waals surface area (Å²) in [4.78, 5) is 0. The van der Waals surface area contributed by atoms with Gasteiger partial charge in [-0.2, -0.15) is 0 Å². The number of halogens is 2. The van der Waals surface area contributed by atoms with Crippen molar-refractivity contribution in [2.75, 3.05) is 0 Å². The molecule has 115 valence electrons. The van der Waals surface area contributed by atoms with Crippen molar-refractivity contribution >= 4 is 16.2 Å². The molecule has 0 aliphatic heterocycles. The molecule has 2 aliphatic carbocycles. The van der Waals surface area contributed by atoms with Gasteiger partial charge in [0.15, 0.2) is 0 Å². The Bertz CT molecular complexity index is 615. The van der Waals surface area contributed by atoms with Crippen molar-refractivity contribution in [2.24, 2.45) is 0 Å². The van der Waals surface area contributed by atoms with E-state index in [0.717, 1.165) is 0 Å². The minimum Gasteiger partial charge on any atom is -1.00 e. The molecule has 0 unspecified atom stereocenters. The smallest absolute Gasteiger partial charge is 1.00 e. The Kier molecular flexibility index (Phi) is 8.70. The topological polar surface area (TPSA) is 0 Å². The summed E-state index contributed by atoms with van der Waals surface area (Å²) in [6, 6.07) is 11.0. The fourth-order valence-electron chi connectivity index (χ4n) is 3.21. The largest absolute Gasteiger partial charge is 1.00 e. The van der Waals surface area contributed by atoms with Crippen LogP contribution in [0.1, 0.15) is 18.4 Å². The summed E-state index contributed by atoms with van der Waals surface area (Å²) in [7, 11) is -1.04. The molecule has 0 saturated carbocycles. The van der Waals surface area contributed by atoms with Crippen molar-refractivity contribution in [3.05, 3.63) is 72.9 Å². The maximum Gasteiger partial charge on any atom is -1.00 e. The van der Waals surface area contributed by atoms with Crippen LogP contribution in [-0.4, -0.2) is 10.6 Å².